The molecular weight excluding hydrogens is 420 g/mol. The van der Waals surface area contributed by atoms with E-state index in [2.05, 4.69) is 6.92 Å². The van der Waals surface area contributed by atoms with Crippen LogP contribution in [0.15, 0.2) is 42.5 Å². The monoisotopic (exact) mass is 454 g/mol. The summed E-state index contributed by atoms with van der Waals surface area (Å²) < 4.78 is 16.5. The van der Waals surface area contributed by atoms with Gasteiger partial charge >= 0.3 is 0 Å². The first kappa shape index (κ1) is 24.4. The van der Waals surface area contributed by atoms with E-state index < -0.39 is 5.91 Å². The number of primary amides is 1. The molecule has 178 valence electrons. The molecule has 1 aliphatic carbocycles. The van der Waals surface area contributed by atoms with Gasteiger partial charge < -0.3 is 24.8 Å². The largest absolute Gasteiger partial charge is 0.494 e. The van der Waals surface area contributed by atoms with Gasteiger partial charge in [-0.3, -0.25) is 9.59 Å². The van der Waals surface area contributed by atoms with Gasteiger partial charge in [-0.2, -0.15) is 0 Å². The Balaban J connectivity index is 1.80. The normalized spacial score (nSPS) is 13.9. The van der Waals surface area contributed by atoms with Crippen molar-refractivity contribution in [2.45, 2.75) is 58.0 Å². The average molecular weight is 455 g/mol. The summed E-state index contributed by atoms with van der Waals surface area (Å²) in [7, 11) is 1.54. The van der Waals surface area contributed by atoms with E-state index in [1.165, 1.54) is 6.42 Å². The van der Waals surface area contributed by atoms with Crippen LogP contribution >= 0.6 is 0 Å². The first-order valence-electron chi connectivity index (χ1n) is 11.6. The minimum atomic E-state index is -0.554. The van der Waals surface area contributed by atoms with Crippen molar-refractivity contribution in [3.05, 3.63) is 53.6 Å². The minimum absolute atomic E-state index is 0.0111. The minimum Gasteiger partial charge on any atom is -0.494 e. The van der Waals surface area contributed by atoms with Gasteiger partial charge in [-0.05, 0) is 61.2 Å². The van der Waals surface area contributed by atoms with Crippen LogP contribution in [0, 0.1) is 0 Å². The molecule has 0 saturated heterocycles. The van der Waals surface area contributed by atoms with E-state index in [9.17, 15) is 9.59 Å². The van der Waals surface area contributed by atoms with Gasteiger partial charge in [0.05, 0.1) is 13.7 Å². The van der Waals surface area contributed by atoms with E-state index in [4.69, 9.17) is 19.9 Å². The van der Waals surface area contributed by atoms with Crippen LogP contribution < -0.4 is 19.9 Å². The molecule has 0 unspecified atom stereocenters. The number of hydrogen-bond acceptors (Lipinski definition) is 5. The highest BCUT2D eigenvalue weighted by molar-refractivity contribution is 5.94. The number of benzene rings is 2. The third-order valence-electron chi connectivity index (χ3n) is 5.80. The van der Waals surface area contributed by atoms with Gasteiger partial charge in [0.1, 0.15) is 5.75 Å². The maximum atomic E-state index is 13.6. The number of nitrogens with zero attached hydrogens (tertiary/aromatic N) is 1. The van der Waals surface area contributed by atoms with Crippen molar-refractivity contribution in [1.82, 2.24) is 4.90 Å². The highest BCUT2D eigenvalue weighted by Crippen LogP contribution is 2.31. The molecule has 0 atom stereocenters. The van der Waals surface area contributed by atoms with Crippen LogP contribution in [0.25, 0.3) is 0 Å². The summed E-state index contributed by atoms with van der Waals surface area (Å²) in [5.41, 5.74) is 6.76. The van der Waals surface area contributed by atoms with Crippen LogP contribution in [-0.4, -0.2) is 43.1 Å². The predicted molar refractivity (Wildman–Crippen MR) is 127 cm³/mol. The molecule has 1 aliphatic rings. The highest BCUT2D eigenvalue weighted by Gasteiger charge is 2.27. The van der Waals surface area contributed by atoms with E-state index in [-0.39, 0.29) is 18.6 Å². The molecule has 0 aromatic heterocycles. The number of hydrogen-bond donors (Lipinski definition) is 1. The average Bonchev–Trinajstić information content (AvgIpc) is 2.85. The highest BCUT2D eigenvalue weighted by atomic mass is 16.5. The number of methoxy groups -OCH3 is 1. The van der Waals surface area contributed by atoms with Crippen molar-refractivity contribution in [2.24, 2.45) is 5.73 Å². The lowest BCUT2D eigenvalue weighted by Crippen LogP contribution is -2.41. The fourth-order valence-corrected chi connectivity index (χ4v) is 4.11. The Hall–Kier alpha value is -3.22. The lowest BCUT2D eigenvalue weighted by atomic mass is 9.93. The lowest BCUT2D eigenvalue weighted by molar-refractivity contribution is -0.119. The van der Waals surface area contributed by atoms with E-state index in [0.29, 0.717) is 30.2 Å². The van der Waals surface area contributed by atoms with Crippen molar-refractivity contribution < 1.29 is 23.8 Å². The molecule has 7 heteroatoms. The Morgan fingerprint density at radius 3 is 2.36 bits per heavy atom. The second-order valence-electron chi connectivity index (χ2n) is 8.34. The summed E-state index contributed by atoms with van der Waals surface area (Å²) in [6.07, 6.45) is 6.40. The zero-order valence-electron chi connectivity index (χ0n) is 19.5. The fourth-order valence-electron chi connectivity index (χ4n) is 4.11. The predicted octanol–water partition coefficient (Wildman–Crippen LogP) is 4.32. The second kappa shape index (κ2) is 12.1. The number of carbonyl (C=O) groups excluding carboxylic acids is 2. The zero-order chi connectivity index (χ0) is 23.6. The molecule has 2 aromatic rings. The molecule has 1 fully saturated rings. The van der Waals surface area contributed by atoms with Crippen LogP contribution in [0.1, 0.15) is 61.4 Å². The fraction of sp³-hybridized carbons (Fsp3) is 0.462. The molecule has 0 bridgehead atoms. The third-order valence-corrected chi connectivity index (χ3v) is 5.80. The first-order valence-corrected chi connectivity index (χ1v) is 11.6. The van der Waals surface area contributed by atoms with Crippen LogP contribution in [0.4, 0.5) is 0 Å². The maximum Gasteiger partial charge on any atom is 0.255 e. The first-order chi connectivity index (χ1) is 16.0. The summed E-state index contributed by atoms with van der Waals surface area (Å²) >= 11 is 0. The number of nitrogens with two attached hydrogens (primary N) is 1. The molecular formula is C26H34N2O5. The molecule has 2 aromatic carbocycles. The van der Waals surface area contributed by atoms with Gasteiger partial charge in [0.15, 0.2) is 18.1 Å². The van der Waals surface area contributed by atoms with Gasteiger partial charge in [-0.15, -0.1) is 0 Å². The van der Waals surface area contributed by atoms with Crippen molar-refractivity contribution in [3.8, 4) is 17.2 Å². The number of rotatable bonds is 11. The summed E-state index contributed by atoms with van der Waals surface area (Å²) in [6.45, 7) is 2.96. The summed E-state index contributed by atoms with van der Waals surface area (Å²) in [4.78, 5) is 26.6. The Morgan fingerprint density at radius 2 is 1.73 bits per heavy atom. The van der Waals surface area contributed by atoms with Crippen molar-refractivity contribution in [2.75, 3.05) is 20.3 Å². The molecule has 33 heavy (non-hydrogen) atoms. The quantitative estimate of drug-likeness (QED) is 0.546. The van der Waals surface area contributed by atoms with E-state index >= 15 is 0 Å². The Bertz CT molecular complexity index is 923. The second-order valence-corrected chi connectivity index (χ2v) is 8.34. The Morgan fingerprint density at radius 1 is 1.00 bits per heavy atom. The van der Waals surface area contributed by atoms with E-state index in [1.807, 2.05) is 41.3 Å². The molecule has 0 aliphatic heterocycles. The molecule has 2 N–H and O–H groups in total. The van der Waals surface area contributed by atoms with Gasteiger partial charge in [-0.25, -0.2) is 0 Å². The SMILES string of the molecule is CCCOc1ccc(C(=O)N(Cc2ccc(OCC(N)=O)c(OC)c2)C2CCCCC2)cc1. The number of carbonyl (C=O) groups is 2. The van der Waals surface area contributed by atoms with Gasteiger partial charge in [0, 0.05) is 18.2 Å². The van der Waals surface area contributed by atoms with Crippen molar-refractivity contribution in [3.63, 3.8) is 0 Å². The zero-order valence-corrected chi connectivity index (χ0v) is 19.5. The lowest BCUT2D eigenvalue weighted by Gasteiger charge is -2.35. The number of amides is 2. The van der Waals surface area contributed by atoms with Crippen LogP contribution in [-0.2, 0) is 11.3 Å². The molecule has 2 amide bonds. The van der Waals surface area contributed by atoms with Gasteiger partial charge in [-0.1, -0.05) is 32.3 Å². The molecule has 7 nitrogen and oxygen atoms in total. The van der Waals surface area contributed by atoms with Gasteiger partial charge in [0.25, 0.3) is 11.8 Å². The van der Waals surface area contributed by atoms with Crippen LogP contribution in [0.5, 0.6) is 17.2 Å². The summed E-state index contributed by atoms with van der Waals surface area (Å²) in [5, 5.41) is 0. The Kier molecular flexibility index (Phi) is 8.98. The van der Waals surface area contributed by atoms with Gasteiger partial charge in [0.2, 0.25) is 0 Å². The topological polar surface area (TPSA) is 91.1 Å². The number of ether oxygens (including phenoxy) is 3. The summed E-state index contributed by atoms with van der Waals surface area (Å²) in [5.74, 6) is 1.17. The van der Waals surface area contributed by atoms with Crippen molar-refractivity contribution >= 4 is 11.8 Å². The van der Waals surface area contributed by atoms with Crippen LogP contribution in [0.3, 0.4) is 0 Å². The van der Waals surface area contributed by atoms with Crippen molar-refractivity contribution in [1.29, 1.82) is 0 Å². The molecule has 3 rings (SSSR count). The van der Waals surface area contributed by atoms with E-state index in [1.54, 1.807) is 13.2 Å². The summed E-state index contributed by atoms with van der Waals surface area (Å²) in [6, 6.07) is 13.1. The maximum absolute atomic E-state index is 13.6. The Labute approximate surface area is 195 Å². The third kappa shape index (κ3) is 6.88. The molecule has 0 spiro atoms. The molecule has 1 saturated carbocycles. The smallest absolute Gasteiger partial charge is 0.255 e. The molecule has 0 heterocycles. The standard InChI is InChI=1S/C26H34N2O5/c1-3-15-32-22-12-10-20(11-13-22)26(30)28(21-7-5-4-6-8-21)17-19-9-14-23(24(16-19)31-2)33-18-25(27)29/h9-14,16,21H,3-8,15,17-18H2,1-2H3,(H2,27,29). The van der Waals surface area contributed by atoms with E-state index in [0.717, 1.165) is 43.4 Å². The van der Waals surface area contributed by atoms with Crippen LogP contribution in [0.2, 0.25) is 0 Å². The molecule has 0 radical (unpaired) electrons.